The highest BCUT2D eigenvalue weighted by Gasteiger charge is 2.22. The topological polar surface area (TPSA) is 42.2 Å². The first-order valence-corrected chi connectivity index (χ1v) is 7.53. The molecule has 4 heteroatoms. The third-order valence-corrected chi connectivity index (χ3v) is 4.12. The van der Waals surface area contributed by atoms with Crippen LogP contribution in [0.3, 0.4) is 0 Å². The van der Waals surface area contributed by atoms with Crippen molar-refractivity contribution in [2.24, 2.45) is 0 Å². The van der Waals surface area contributed by atoms with E-state index < -0.39 is 0 Å². The first kappa shape index (κ1) is 14.0. The number of hydrogen-bond acceptors (Lipinski definition) is 4. The summed E-state index contributed by atoms with van der Waals surface area (Å²) in [6, 6.07) is 11.0. The van der Waals surface area contributed by atoms with E-state index in [1.54, 1.807) is 0 Å². The summed E-state index contributed by atoms with van der Waals surface area (Å²) in [4.78, 5) is 2.51. The number of hydrogen-bond donors (Lipinski definition) is 0. The van der Waals surface area contributed by atoms with Crippen LogP contribution >= 0.6 is 0 Å². The van der Waals surface area contributed by atoms with Crippen molar-refractivity contribution in [1.29, 1.82) is 0 Å². The van der Waals surface area contributed by atoms with Gasteiger partial charge in [0.05, 0.1) is 0 Å². The molecule has 0 saturated carbocycles. The lowest BCUT2D eigenvalue weighted by Gasteiger charge is -2.32. The van der Waals surface area contributed by atoms with Gasteiger partial charge in [-0.25, -0.2) is 0 Å². The van der Waals surface area contributed by atoms with E-state index in [4.69, 9.17) is 4.42 Å². The van der Waals surface area contributed by atoms with E-state index >= 15 is 0 Å². The largest absolute Gasteiger partial charge is 0.423 e. The Bertz CT molecular complexity index is 592. The van der Waals surface area contributed by atoms with E-state index in [2.05, 4.69) is 53.2 Å². The van der Waals surface area contributed by atoms with E-state index in [0.29, 0.717) is 11.9 Å². The average molecular weight is 283 g/mol. The smallest absolute Gasteiger partial charge is 0.247 e. The van der Waals surface area contributed by atoms with Crippen LogP contribution in [0.1, 0.15) is 38.1 Å². The van der Waals surface area contributed by atoms with Crippen molar-refractivity contribution in [3.63, 3.8) is 0 Å². The fraction of sp³-hybridized carbons (Fsp3) is 0.412. The fourth-order valence-corrected chi connectivity index (χ4v) is 2.93. The Kier molecular flexibility index (Phi) is 4.15. The zero-order valence-corrected chi connectivity index (χ0v) is 12.6. The summed E-state index contributed by atoms with van der Waals surface area (Å²) in [5.41, 5.74) is 3.70. The molecule has 0 bridgehead atoms. The third-order valence-electron chi connectivity index (χ3n) is 4.12. The predicted octanol–water partition coefficient (Wildman–Crippen LogP) is 3.38. The third kappa shape index (κ3) is 3.05. The molecule has 2 aromatic rings. The van der Waals surface area contributed by atoms with Crippen LogP contribution in [0.4, 0.5) is 0 Å². The minimum atomic E-state index is 0.607. The maximum Gasteiger partial charge on any atom is 0.247 e. The van der Waals surface area contributed by atoms with Gasteiger partial charge in [-0.3, -0.25) is 0 Å². The molecule has 110 valence electrons. The second-order valence-corrected chi connectivity index (χ2v) is 5.72. The number of likely N-dealkylation sites (tertiary alicyclic amines) is 1. The van der Waals surface area contributed by atoms with Gasteiger partial charge in [-0.2, -0.15) is 0 Å². The van der Waals surface area contributed by atoms with Crippen LogP contribution in [0.15, 0.2) is 46.7 Å². The van der Waals surface area contributed by atoms with Crippen molar-refractivity contribution in [2.75, 3.05) is 13.1 Å². The van der Waals surface area contributed by atoms with Gasteiger partial charge in [0.25, 0.3) is 0 Å². The summed E-state index contributed by atoms with van der Waals surface area (Å²) in [6.45, 7) is 6.70. The Labute approximate surface area is 125 Å². The molecular weight excluding hydrogens is 262 g/mol. The van der Waals surface area contributed by atoms with E-state index in [1.807, 2.05) is 6.07 Å². The maximum absolute atomic E-state index is 5.48. The van der Waals surface area contributed by atoms with Crippen LogP contribution in [-0.2, 0) is 0 Å². The summed E-state index contributed by atoms with van der Waals surface area (Å²) in [6.07, 6.45) is 3.53. The average Bonchev–Trinajstić information content (AvgIpc) is 3.03. The van der Waals surface area contributed by atoms with Crippen LogP contribution in [0.5, 0.6) is 0 Å². The lowest BCUT2D eigenvalue weighted by Crippen LogP contribution is -2.36. The van der Waals surface area contributed by atoms with Crippen LogP contribution in [0.25, 0.3) is 5.57 Å². The Balaban J connectivity index is 1.95. The molecule has 0 N–H and O–H groups in total. The highest BCUT2D eigenvalue weighted by Crippen LogP contribution is 2.31. The number of rotatable bonds is 3. The summed E-state index contributed by atoms with van der Waals surface area (Å²) in [5.74, 6) is 0.634. The van der Waals surface area contributed by atoms with Gasteiger partial charge in [-0.1, -0.05) is 35.9 Å². The number of piperidine rings is 1. The first-order chi connectivity index (χ1) is 10.3. The molecule has 0 amide bonds. The monoisotopic (exact) mass is 283 g/mol. The second-order valence-electron chi connectivity index (χ2n) is 5.72. The second kappa shape index (κ2) is 6.22. The minimum Gasteiger partial charge on any atom is -0.423 e. The highest BCUT2D eigenvalue weighted by molar-refractivity contribution is 5.78. The molecule has 1 saturated heterocycles. The van der Waals surface area contributed by atoms with Crippen molar-refractivity contribution in [1.82, 2.24) is 15.1 Å². The molecule has 1 aliphatic heterocycles. The molecule has 0 radical (unpaired) electrons. The lowest BCUT2D eigenvalue weighted by molar-refractivity contribution is 0.207. The van der Waals surface area contributed by atoms with Crippen LogP contribution < -0.4 is 0 Å². The van der Waals surface area contributed by atoms with Gasteiger partial charge < -0.3 is 9.32 Å². The lowest BCUT2D eigenvalue weighted by atomic mass is 9.92. The molecule has 1 aromatic heterocycles. The van der Waals surface area contributed by atoms with E-state index in [0.717, 1.165) is 37.1 Å². The van der Waals surface area contributed by atoms with Crippen molar-refractivity contribution < 1.29 is 4.42 Å². The van der Waals surface area contributed by atoms with Gasteiger partial charge >= 0.3 is 0 Å². The molecule has 21 heavy (non-hydrogen) atoms. The van der Waals surface area contributed by atoms with E-state index in [-0.39, 0.29) is 0 Å². The quantitative estimate of drug-likeness (QED) is 0.866. The van der Waals surface area contributed by atoms with Gasteiger partial charge in [0.15, 0.2) is 0 Å². The molecule has 0 spiro atoms. The van der Waals surface area contributed by atoms with Crippen molar-refractivity contribution in [3.8, 4) is 0 Å². The molecule has 2 heterocycles. The zero-order valence-electron chi connectivity index (χ0n) is 12.6. The van der Waals surface area contributed by atoms with Gasteiger partial charge in [-0.05, 0) is 32.3 Å². The minimum absolute atomic E-state index is 0.607. The number of aromatic nitrogens is 2. The summed E-state index contributed by atoms with van der Waals surface area (Å²) in [7, 11) is 0. The molecule has 0 unspecified atom stereocenters. The Morgan fingerprint density at radius 3 is 2.43 bits per heavy atom. The Morgan fingerprint density at radius 2 is 1.86 bits per heavy atom. The molecule has 0 atom stereocenters. The summed E-state index contributed by atoms with van der Waals surface area (Å²) >= 11 is 0. The van der Waals surface area contributed by atoms with Crippen LogP contribution in [0.2, 0.25) is 0 Å². The van der Waals surface area contributed by atoms with Crippen molar-refractivity contribution in [3.05, 3.63) is 53.8 Å². The standard InChI is InChI=1S/C17H21N3O/c1-13(2)20-10-8-15(9-11-20)16(17-19-18-12-21-17)14-6-4-3-5-7-14/h3-7,12-13H,8-11H2,1-2H3. The molecule has 1 aliphatic rings. The SMILES string of the molecule is CC(C)N1CCC(=C(c2ccccc2)c2nnco2)CC1. The Hall–Kier alpha value is -1.94. The summed E-state index contributed by atoms with van der Waals surface area (Å²) in [5, 5.41) is 7.98. The maximum atomic E-state index is 5.48. The van der Waals surface area contributed by atoms with Crippen LogP contribution in [0, 0.1) is 0 Å². The van der Waals surface area contributed by atoms with Crippen molar-refractivity contribution in [2.45, 2.75) is 32.7 Å². The molecule has 3 rings (SSSR count). The van der Waals surface area contributed by atoms with Crippen LogP contribution in [-0.4, -0.2) is 34.2 Å². The highest BCUT2D eigenvalue weighted by atomic mass is 16.4. The predicted molar refractivity (Wildman–Crippen MR) is 82.7 cm³/mol. The first-order valence-electron chi connectivity index (χ1n) is 7.53. The van der Waals surface area contributed by atoms with Crippen molar-refractivity contribution >= 4 is 5.57 Å². The molecule has 0 aliphatic carbocycles. The molecule has 1 fully saturated rings. The van der Waals surface area contributed by atoms with Gasteiger partial charge in [0.2, 0.25) is 12.3 Å². The number of nitrogens with zero attached hydrogens (tertiary/aromatic N) is 3. The zero-order chi connectivity index (χ0) is 14.7. The summed E-state index contributed by atoms with van der Waals surface area (Å²) < 4.78 is 5.48. The van der Waals surface area contributed by atoms with Gasteiger partial charge in [0, 0.05) is 24.7 Å². The van der Waals surface area contributed by atoms with Gasteiger partial charge in [0.1, 0.15) is 0 Å². The molecule has 4 nitrogen and oxygen atoms in total. The Morgan fingerprint density at radius 1 is 1.14 bits per heavy atom. The molecular formula is C17H21N3O. The van der Waals surface area contributed by atoms with E-state index in [1.165, 1.54) is 12.0 Å². The fourth-order valence-electron chi connectivity index (χ4n) is 2.93. The van der Waals surface area contributed by atoms with Gasteiger partial charge in [-0.15, -0.1) is 10.2 Å². The normalized spacial score (nSPS) is 16.4. The van der Waals surface area contributed by atoms with E-state index in [9.17, 15) is 0 Å². The number of benzene rings is 1. The molecule has 1 aromatic carbocycles.